The molecule has 4 nitrogen and oxygen atoms in total. The summed E-state index contributed by atoms with van der Waals surface area (Å²) >= 11 is 0. The van der Waals surface area contributed by atoms with Gasteiger partial charge in [0.05, 0.1) is 19.4 Å². The topological polar surface area (TPSA) is 61.5 Å². The average Bonchev–Trinajstić information content (AvgIpc) is 2.40. The number of aryl methyl sites for hydroxylation is 1. The maximum Gasteiger partial charge on any atom is 0.330 e. The molecule has 0 saturated heterocycles. The van der Waals surface area contributed by atoms with Crippen LogP contribution in [0.25, 0.3) is 0 Å². The molecule has 0 atom stereocenters. The molecule has 0 aliphatic rings. The van der Waals surface area contributed by atoms with E-state index in [1.165, 1.54) is 6.08 Å². The molecule has 4 heteroatoms. The number of allylic oxidation sites excluding steroid dienone is 1. The van der Waals surface area contributed by atoms with E-state index in [4.69, 9.17) is 15.2 Å². The van der Waals surface area contributed by atoms with E-state index >= 15 is 0 Å². The fraction of sp³-hybridized carbons (Fsp3) is 0.400. The van der Waals surface area contributed by atoms with Gasteiger partial charge in [0.2, 0.25) is 0 Å². The van der Waals surface area contributed by atoms with Gasteiger partial charge in [0, 0.05) is 6.08 Å². The van der Waals surface area contributed by atoms with E-state index in [2.05, 4.69) is 0 Å². The van der Waals surface area contributed by atoms with Crippen LogP contribution in [0.3, 0.4) is 0 Å². The molecule has 0 aromatic heterocycles. The van der Waals surface area contributed by atoms with Crippen molar-refractivity contribution in [3.05, 3.63) is 35.9 Å². The lowest BCUT2D eigenvalue weighted by Gasteiger charge is -2.09. The number of para-hydroxylation sites is 1. The van der Waals surface area contributed by atoms with Crippen molar-refractivity contribution in [2.24, 2.45) is 0 Å². The number of carbonyl (C=O) groups excluding carboxylic acids is 1. The number of nitrogen functional groups attached to an aromatic ring is 1. The molecule has 0 radical (unpaired) electrons. The Labute approximate surface area is 114 Å². The van der Waals surface area contributed by atoms with Gasteiger partial charge in [-0.05, 0) is 37.8 Å². The third kappa shape index (κ3) is 5.04. The van der Waals surface area contributed by atoms with Crippen LogP contribution in [0, 0.1) is 0 Å². The van der Waals surface area contributed by atoms with Crippen molar-refractivity contribution in [2.75, 3.05) is 19.5 Å². The fourth-order valence-electron chi connectivity index (χ4n) is 1.77. The molecule has 0 spiro atoms. The maximum absolute atomic E-state index is 11.1. The van der Waals surface area contributed by atoms with Crippen molar-refractivity contribution < 1.29 is 14.3 Å². The Kier molecular flexibility index (Phi) is 6.50. The van der Waals surface area contributed by atoms with E-state index in [0.717, 1.165) is 24.8 Å². The SMILES string of the molecule is CCOC(=O)/C=C/CCCc1cccc(OC)c1N. The zero-order valence-corrected chi connectivity index (χ0v) is 11.5. The summed E-state index contributed by atoms with van der Waals surface area (Å²) in [4.78, 5) is 11.1. The van der Waals surface area contributed by atoms with Crippen molar-refractivity contribution in [1.29, 1.82) is 0 Å². The summed E-state index contributed by atoms with van der Waals surface area (Å²) in [6, 6.07) is 5.77. The largest absolute Gasteiger partial charge is 0.495 e. The summed E-state index contributed by atoms with van der Waals surface area (Å²) in [5.74, 6) is 0.419. The first-order valence-electron chi connectivity index (χ1n) is 6.43. The van der Waals surface area contributed by atoms with Gasteiger partial charge >= 0.3 is 5.97 Å². The summed E-state index contributed by atoms with van der Waals surface area (Å²) in [6.45, 7) is 2.20. The lowest BCUT2D eigenvalue weighted by molar-refractivity contribution is -0.137. The lowest BCUT2D eigenvalue weighted by Crippen LogP contribution is -1.99. The first-order chi connectivity index (χ1) is 9.19. The molecule has 104 valence electrons. The highest BCUT2D eigenvalue weighted by atomic mass is 16.5. The number of anilines is 1. The Balaban J connectivity index is 2.39. The van der Waals surface area contributed by atoms with Gasteiger partial charge in [-0.15, -0.1) is 0 Å². The molecule has 1 aromatic rings. The summed E-state index contributed by atoms with van der Waals surface area (Å²) in [6.07, 6.45) is 5.89. The van der Waals surface area contributed by atoms with Gasteiger partial charge in [-0.3, -0.25) is 0 Å². The predicted molar refractivity (Wildman–Crippen MR) is 76.1 cm³/mol. The van der Waals surface area contributed by atoms with Gasteiger partial charge in [0.1, 0.15) is 5.75 Å². The second-order valence-electron chi connectivity index (χ2n) is 4.08. The van der Waals surface area contributed by atoms with Crippen LogP contribution in [0.1, 0.15) is 25.3 Å². The Hall–Kier alpha value is -1.97. The molecule has 0 aliphatic carbocycles. The van der Waals surface area contributed by atoms with Gasteiger partial charge in [-0.2, -0.15) is 0 Å². The van der Waals surface area contributed by atoms with Gasteiger partial charge in [-0.25, -0.2) is 4.79 Å². The molecule has 0 heterocycles. The lowest BCUT2D eigenvalue weighted by atomic mass is 10.1. The zero-order chi connectivity index (χ0) is 14.1. The Morgan fingerprint density at radius 1 is 1.42 bits per heavy atom. The number of rotatable bonds is 7. The molecule has 19 heavy (non-hydrogen) atoms. The van der Waals surface area contributed by atoms with Crippen LogP contribution < -0.4 is 10.5 Å². The Morgan fingerprint density at radius 3 is 2.89 bits per heavy atom. The molecule has 1 rings (SSSR count). The number of carbonyl (C=O) groups is 1. The van der Waals surface area contributed by atoms with Crippen molar-refractivity contribution in [3.8, 4) is 5.75 Å². The van der Waals surface area contributed by atoms with Crippen LogP contribution in [-0.2, 0) is 16.0 Å². The van der Waals surface area contributed by atoms with Gasteiger partial charge in [0.25, 0.3) is 0 Å². The summed E-state index contributed by atoms with van der Waals surface area (Å²) in [7, 11) is 1.61. The van der Waals surface area contributed by atoms with E-state index in [-0.39, 0.29) is 5.97 Å². The number of nitrogens with two attached hydrogens (primary N) is 1. The maximum atomic E-state index is 11.1. The summed E-state index contributed by atoms with van der Waals surface area (Å²) in [5, 5.41) is 0. The molecule has 1 aromatic carbocycles. The number of unbranched alkanes of at least 4 members (excludes halogenated alkanes) is 1. The molecule has 0 unspecified atom stereocenters. The predicted octanol–water partition coefficient (Wildman–Crippen LogP) is 2.72. The molecule has 0 fully saturated rings. The van der Waals surface area contributed by atoms with Crippen molar-refractivity contribution in [3.63, 3.8) is 0 Å². The number of ether oxygens (including phenoxy) is 2. The second-order valence-corrected chi connectivity index (χ2v) is 4.08. The third-order valence-electron chi connectivity index (χ3n) is 2.73. The number of benzene rings is 1. The highest BCUT2D eigenvalue weighted by molar-refractivity contribution is 5.81. The van der Waals surface area contributed by atoms with Crippen LogP contribution in [0.15, 0.2) is 30.4 Å². The first-order valence-corrected chi connectivity index (χ1v) is 6.43. The number of methoxy groups -OCH3 is 1. The number of esters is 1. The minimum absolute atomic E-state index is 0.289. The molecule has 0 bridgehead atoms. The van der Waals surface area contributed by atoms with Gasteiger partial charge in [0.15, 0.2) is 0 Å². The Morgan fingerprint density at radius 2 is 2.21 bits per heavy atom. The van der Waals surface area contributed by atoms with E-state index in [1.807, 2.05) is 24.3 Å². The van der Waals surface area contributed by atoms with Crippen molar-refractivity contribution in [2.45, 2.75) is 26.2 Å². The second kappa shape index (κ2) is 8.19. The summed E-state index contributed by atoms with van der Waals surface area (Å²) < 4.78 is 9.97. The molecular weight excluding hydrogens is 242 g/mol. The Bertz CT molecular complexity index is 441. The standard InChI is InChI=1S/C15H21NO3/c1-3-19-14(17)11-6-4-5-8-12-9-7-10-13(18-2)15(12)16/h6-7,9-11H,3-5,8,16H2,1-2H3/b11-6+. The van der Waals surface area contributed by atoms with E-state index in [1.54, 1.807) is 14.0 Å². The van der Waals surface area contributed by atoms with E-state index in [9.17, 15) is 4.79 Å². The summed E-state index contributed by atoms with van der Waals surface area (Å²) in [5.41, 5.74) is 7.75. The zero-order valence-electron chi connectivity index (χ0n) is 11.5. The van der Waals surface area contributed by atoms with Crippen LogP contribution in [0.2, 0.25) is 0 Å². The quantitative estimate of drug-likeness (QED) is 0.355. The smallest absolute Gasteiger partial charge is 0.330 e. The molecule has 2 N–H and O–H groups in total. The highest BCUT2D eigenvalue weighted by Gasteiger charge is 2.04. The fourth-order valence-corrected chi connectivity index (χ4v) is 1.77. The normalized spacial score (nSPS) is 10.6. The van der Waals surface area contributed by atoms with Gasteiger partial charge < -0.3 is 15.2 Å². The van der Waals surface area contributed by atoms with E-state index in [0.29, 0.717) is 18.0 Å². The minimum atomic E-state index is -0.289. The third-order valence-corrected chi connectivity index (χ3v) is 2.73. The first kappa shape index (κ1) is 15.1. The van der Waals surface area contributed by atoms with Crippen LogP contribution in [0.4, 0.5) is 5.69 Å². The van der Waals surface area contributed by atoms with Crippen molar-refractivity contribution >= 4 is 11.7 Å². The van der Waals surface area contributed by atoms with Gasteiger partial charge in [-0.1, -0.05) is 18.2 Å². The number of hydrogen-bond acceptors (Lipinski definition) is 4. The van der Waals surface area contributed by atoms with Crippen LogP contribution in [-0.4, -0.2) is 19.7 Å². The molecular formula is C15H21NO3. The highest BCUT2D eigenvalue weighted by Crippen LogP contribution is 2.25. The van der Waals surface area contributed by atoms with Crippen molar-refractivity contribution in [1.82, 2.24) is 0 Å². The number of hydrogen-bond donors (Lipinski definition) is 1. The average molecular weight is 263 g/mol. The van der Waals surface area contributed by atoms with Crippen LogP contribution in [0.5, 0.6) is 5.75 Å². The van der Waals surface area contributed by atoms with Crippen LogP contribution >= 0.6 is 0 Å². The minimum Gasteiger partial charge on any atom is -0.495 e. The molecule has 0 amide bonds. The molecule has 0 saturated carbocycles. The van der Waals surface area contributed by atoms with E-state index < -0.39 is 0 Å². The monoisotopic (exact) mass is 263 g/mol. The molecule has 0 aliphatic heterocycles.